The zero-order valence-corrected chi connectivity index (χ0v) is 12.9. The summed E-state index contributed by atoms with van der Waals surface area (Å²) in [5.41, 5.74) is 0.736. The van der Waals surface area contributed by atoms with Crippen molar-refractivity contribution in [2.75, 3.05) is 19.0 Å². The van der Waals surface area contributed by atoms with Crippen LogP contribution in [0.2, 0.25) is 0 Å². The van der Waals surface area contributed by atoms with Crippen LogP contribution in [0.5, 0.6) is 5.75 Å². The molecule has 116 valence electrons. The van der Waals surface area contributed by atoms with Crippen LogP contribution in [-0.4, -0.2) is 25.6 Å². The number of hydrogen-bond acceptors (Lipinski definition) is 3. The van der Waals surface area contributed by atoms with Gasteiger partial charge in [-0.25, -0.2) is 0 Å². The highest BCUT2D eigenvalue weighted by molar-refractivity contribution is 5.92. The summed E-state index contributed by atoms with van der Waals surface area (Å²) in [6.45, 7) is 0.742. The quantitative estimate of drug-likeness (QED) is 0.790. The SMILES string of the molecule is COc1ccccc1NC(=O)CCNC1CCCCCC1. The van der Waals surface area contributed by atoms with Gasteiger partial charge in [-0.05, 0) is 25.0 Å². The van der Waals surface area contributed by atoms with Crippen LogP contribution in [0.15, 0.2) is 24.3 Å². The molecule has 2 rings (SSSR count). The van der Waals surface area contributed by atoms with Gasteiger partial charge in [0.25, 0.3) is 0 Å². The van der Waals surface area contributed by atoms with E-state index in [1.54, 1.807) is 7.11 Å². The summed E-state index contributed by atoms with van der Waals surface area (Å²) < 4.78 is 5.23. The van der Waals surface area contributed by atoms with Gasteiger partial charge >= 0.3 is 0 Å². The normalized spacial score (nSPS) is 16.2. The number of ether oxygens (including phenoxy) is 1. The first-order valence-corrected chi connectivity index (χ1v) is 7.96. The number of hydrogen-bond donors (Lipinski definition) is 2. The third-order valence-corrected chi connectivity index (χ3v) is 4.02. The van der Waals surface area contributed by atoms with Crippen LogP contribution < -0.4 is 15.4 Å². The molecule has 1 aliphatic rings. The van der Waals surface area contributed by atoms with Crippen LogP contribution in [0.4, 0.5) is 5.69 Å². The standard InChI is InChI=1S/C17H26N2O2/c1-21-16-11-7-6-10-15(16)19-17(20)12-13-18-14-8-4-2-3-5-9-14/h6-7,10-11,14,18H,2-5,8-9,12-13H2,1H3,(H,19,20). The van der Waals surface area contributed by atoms with E-state index in [-0.39, 0.29) is 5.91 Å². The highest BCUT2D eigenvalue weighted by Crippen LogP contribution is 2.23. The lowest BCUT2D eigenvalue weighted by atomic mass is 10.1. The first-order chi connectivity index (χ1) is 10.3. The zero-order valence-electron chi connectivity index (χ0n) is 12.9. The molecular weight excluding hydrogens is 264 g/mol. The molecule has 0 radical (unpaired) electrons. The molecule has 0 bridgehead atoms. The van der Waals surface area contributed by atoms with Crippen molar-refractivity contribution >= 4 is 11.6 Å². The van der Waals surface area contributed by atoms with Gasteiger partial charge in [0.1, 0.15) is 5.75 Å². The molecule has 0 aromatic heterocycles. The molecule has 0 unspecified atom stereocenters. The molecule has 1 saturated carbocycles. The Morgan fingerprint density at radius 3 is 2.62 bits per heavy atom. The Kier molecular flexibility index (Phi) is 6.54. The molecule has 4 nitrogen and oxygen atoms in total. The molecule has 0 saturated heterocycles. The lowest BCUT2D eigenvalue weighted by Gasteiger charge is -2.16. The van der Waals surface area contributed by atoms with E-state index < -0.39 is 0 Å². The average Bonchev–Trinajstić information content (AvgIpc) is 2.76. The maximum Gasteiger partial charge on any atom is 0.225 e. The number of carbonyl (C=O) groups excluding carboxylic acids is 1. The van der Waals surface area contributed by atoms with Crippen molar-refractivity contribution in [1.29, 1.82) is 0 Å². The Morgan fingerprint density at radius 2 is 1.90 bits per heavy atom. The van der Waals surface area contributed by atoms with Gasteiger partial charge in [0.15, 0.2) is 0 Å². The second-order valence-electron chi connectivity index (χ2n) is 5.64. The Hall–Kier alpha value is -1.55. The number of rotatable bonds is 6. The fraction of sp³-hybridized carbons (Fsp3) is 0.588. The number of methoxy groups -OCH3 is 1. The maximum absolute atomic E-state index is 12.0. The van der Waals surface area contributed by atoms with E-state index in [4.69, 9.17) is 4.74 Å². The van der Waals surface area contributed by atoms with Gasteiger partial charge in [-0.2, -0.15) is 0 Å². The van der Waals surface area contributed by atoms with Crippen molar-refractivity contribution in [1.82, 2.24) is 5.32 Å². The Bertz CT molecular complexity index is 440. The minimum atomic E-state index is 0.0284. The van der Waals surface area contributed by atoms with Crippen LogP contribution in [-0.2, 0) is 4.79 Å². The van der Waals surface area contributed by atoms with Gasteiger partial charge in [-0.1, -0.05) is 37.8 Å². The summed E-state index contributed by atoms with van der Waals surface area (Å²) in [5, 5.41) is 6.42. The molecule has 21 heavy (non-hydrogen) atoms. The summed E-state index contributed by atoms with van der Waals surface area (Å²) in [6.07, 6.45) is 8.31. The highest BCUT2D eigenvalue weighted by atomic mass is 16.5. The summed E-state index contributed by atoms with van der Waals surface area (Å²) in [5.74, 6) is 0.725. The molecule has 1 fully saturated rings. The molecule has 1 aromatic carbocycles. The van der Waals surface area contributed by atoms with E-state index in [9.17, 15) is 4.79 Å². The van der Waals surface area contributed by atoms with E-state index in [0.29, 0.717) is 18.2 Å². The van der Waals surface area contributed by atoms with E-state index in [2.05, 4.69) is 10.6 Å². The summed E-state index contributed by atoms with van der Waals surface area (Å²) in [4.78, 5) is 12.0. The maximum atomic E-state index is 12.0. The summed E-state index contributed by atoms with van der Waals surface area (Å²) in [6, 6.07) is 8.07. The van der Waals surface area contributed by atoms with Gasteiger partial charge in [0, 0.05) is 19.0 Å². The topological polar surface area (TPSA) is 50.4 Å². The molecule has 2 N–H and O–H groups in total. The van der Waals surface area contributed by atoms with Crippen LogP contribution in [0.3, 0.4) is 0 Å². The summed E-state index contributed by atoms with van der Waals surface area (Å²) >= 11 is 0. The van der Waals surface area contributed by atoms with E-state index in [1.165, 1.54) is 38.5 Å². The van der Waals surface area contributed by atoms with Crippen molar-refractivity contribution in [2.45, 2.75) is 51.0 Å². The van der Waals surface area contributed by atoms with Crippen molar-refractivity contribution in [3.8, 4) is 5.75 Å². The molecule has 0 spiro atoms. The van der Waals surface area contributed by atoms with Gasteiger partial charge in [0.05, 0.1) is 12.8 Å². The number of para-hydroxylation sites is 2. The smallest absolute Gasteiger partial charge is 0.225 e. The first kappa shape index (κ1) is 15.8. The predicted molar refractivity (Wildman–Crippen MR) is 85.7 cm³/mol. The number of nitrogens with one attached hydrogen (secondary N) is 2. The minimum absolute atomic E-state index is 0.0284. The third kappa shape index (κ3) is 5.38. The van der Waals surface area contributed by atoms with Crippen molar-refractivity contribution in [3.63, 3.8) is 0 Å². The molecule has 0 aliphatic heterocycles. The van der Waals surface area contributed by atoms with Gasteiger partial charge in [0.2, 0.25) is 5.91 Å². The van der Waals surface area contributed by atoms with E-state index >= 15 is 0 Å². The summed E-state index contributed by atoms with van der Waals surface area (Å²) in [7, 11) is 1.61. The number of carbonyl (C=O) groups is 1. The van der Waals surface area contributed by atoms with Crippen molar-refractivity contribution in [3.05, 3.63) is 24.3 Å². The molecule has 1 amide bonds. The Balaban J connectivity index is 1.72. The molecule has 1 aromatic rings. The molecular formula is C17H26N2O2. The largest absolute Gasteiger partial charge is 0.495 e. The van der Waals surface area contributed by atoms with Crippen molar-refractivity contribution < 1.29 is 9.53 Å². The van der Waals surface area contributed by atoms with Crippen LogP contribution in [0.25, 0.3) is 0 Å². The predicted octanol–water partition coefficient (Wildman–Crippen LogP) is 3.34. The van der Waals surface area contributed by atoms with Crippen LogP contribution in [0, 0.1) is 0 Å². The van der Waals surface area contributed by atoms with Gasteiger partial charge in [-0.3, -0.25) is 4.79 Å². The molecule has 0 heterocycles. The third-order valence-electron chi connectivity index (χ3n) is 4.02. The van der Waals surface area contributed by atoms with E-state index in [0.717, 1.165) is 12.2 Å². The fourth-order valence-corrected chi connectivity index (χ4v) is 2.83. The second-order valence-corrected chi connectivity index (χ2v) is 5.64. The zero-order chi connectivity index (χ0) is 14.9. The average molecular weight is 290 g/mol. The number of amides is 1. The molecule has 0 atom stereocenters. The monoisotopic (exact) mass is 290 g/mol. The van der Waals surface area contributed by atoms with Crippen LogP contribution in [0.1, 0.15) is 44.9 Å². The Morgan fingerprint density at radius 1 is 1.19 bits per heavy atom. The lowest BCUT2D eigenvalue weighted by molar-refractivity contribution is -0.116. The minimum Gasteiger partial charge on any atom is -0.495 e. The lowest BCUT2D eigenvalue weighted by Crippen LogP contribution is -2.31. The first-order valence-electron chi connectivity index (χ1n) is 7.96. The van der Waals surface area contributed by atoms with E-state index in [1.807, 2.05) is 24.3 Å². The van der Waals surface area contributed by atoms with Crippen molar-refractivity contribution in [2.24, 2.45) is 0 Å². The fourth-order valence-electron chi connectivity index (χ4n) is 2.83. The highest BCUT2D eigenvalue weighted by Gasteiger charge is 2.12. The van der Waals surface area contributed by atoms with Gasteiger partial charge in [-0.15, -0.1) is 0 Å². The van der Waals surface area contributed by atoms with Crippen LogP contribution >= 0.6 is 0 Å². The second kappa shape index (κ2) is 8.67. The molecule has 4 heteroatoms. The number of benzene rings is 1. The number of anilines is 1. The Labute approximate surface area is 127 Å². The van der Waals surface area contributed by atoms with Gasteiger partial charge < -0.3 is 15.4 Å². The molecule has 1 aliphatic carbocycles.